The second-order valence-electron chi connectivity index (χ2n) is 5.82. The van der Waals surface area contributed by atoms with Gasteiger partial charge in [-0.15, -0.1) is 0 Å². The summed E-state index contributed by atoms with van der Waals surface area (Å²) in [5.41, 5.74) is 0.337. The molecular weight excluding hydrogens is 336 g/mol. The van der Waals surface area contributed by atoms with Crippen molar-refractivity contribution in [3.05, 3.63) is 18.0 Å². The Morgan fingerprint density at radius 2 is 2.04 bits per heavy atom. The molecule has 2 fully saturated rings. The van der Waals surface area contributed by atoms with Gasteiger partial charge in [-0.2, -0.15) is 16.1 Å². The van der Waals surface area contributed by atoms with Crippen LogP contribution >= 0.6 is 11.8 Å². The van der Waals surface area contributed by atoms with E-state index in [4.69, 9.17) is 0 Å². The van der Waals surface area contributed by atoms with Crippen molar-refractivity contribution in [2.45, 2.75) is 17.9 Å². The predicted molar refractivity (Wildman–Crippen MR) is 90.2 cm³/mol. The average molecular weight is 358 g/mol. The summed E-state index contributed by atoms with van der Waals surface area (Å²) in [6, 6.07) is 1.56. The molecule has 2 aliphatic heterocycles. The Balaban J connectivity index is 1.78. The lowest BCUT2D eigenvalue weighted by atomic mass is 10.2. The molecule has 0 spiro atoms. The molecule has 0 aliphatic carbocycles. The van der Waals surface area contributed by atoms with E-state index < -0.39 is 10.0 Å². The number of carbonyl (C=O) groups excluding carboxylic acids is 1. The van der Waals surface area contributed by atoms with Crippen LogP contribution in [0.5, 0.6) is 0 Å². The van der Waals surface area contributed by atoms with E-state index in [0.717, 1.165) is 24.6 Å². The SMILES string of the molecule is C[C@H]1CNCCN1C(=O)c1cc(S(=O)(=O)N2CCSCC2)c[nH]1. The third-order valence-electron chi connectivity index (χ3n) is 4.26. The summed E-state index contributed by atoms with van der Waals surface area (Å²) in [6.45, 7) is 5.17. The van der Waals surface area contributed by atoms with Crippen LogP contribution in [-0.2, 0) is 10.0 Å². The molecule has 2 aliphatic rings. The second-order valence-corrected chi connectivity index (χ2v) is 8.98. The molecule has 3 rings (SSSR count). The molecular formula is C14H22N4O3S2. The average Bonchev–Trinajstić information content (AvgIpc) is 3.06. The molecule has 23 heavy (non-hydrogen) atoms. The highest BCUT2D eigenvalue weighted by Crippen LogP contribution is 2.21. The number of piperazine rings is 1. The van der Waals surface area contributed by atoms with Crippen molar-refractivity contribution >= 4 is 27.7 Å². The summed E-state index contributed by atoms with van der Waals surface area (Å²) < 4.78 is 26.7. The van der Waals surface area contributed by atoms with Gasteiger partial charge in [0.05, 0.1) is 0 Å². The van der Waals surface area contributed by atoms with Crippen molar-refractivity contribution in [1.82, 2.24) is 19.5 Å². The normalized spacial score (nSPS) is 23.9. The van der Waals surface area contributed by atoms with Gasteiger partial charge >= 0.3 is 0 Å². The number of aromatic amines is 1. The van der Waals surface area contributed by atoms with E-state index in [9.17, 15) is 13.2 Å². The fourth-order valence-electron chi connectivity index (χ4n) is 2.88. The molecule has 1 aromatic rings. The Labute approximate surface area is 140 Å². The Kier molecular flexibility index (Phi) is 5.00. The number of thioether (sulfide) groups is 1. The monoisotopic (exact) mass is 358 g/mol. The fraction of sp³-hybridized carbons (Fsp3) is 0.643. The van der Waals surface area contributed by atoms with Gasteiger partial charge < -0.3 is 15.2 Å². The molecule has 9 heteroatoms. The van der Waals surface area contributed by atoms with Crippen LogP contribution in [0.15, 0.2) is 17.2 Å². The maximum Gasteiger partial charge on any atom is 0.270 e. The molecule has 0 saturated carbocycles. The molecule has 2 saturated heterocycles. The van der Waals surface area contributed by atoms with E-state index in [1.54, 1.807) is 16.7 Å². The Hall–Kier alpha value is -1.03. The first kappa shape index (κ1) is 16.8. The number of rotatable bonds is 3. The molecule has 0 aromatic carbocycles. The summed E-state index contributed by atoms with van der Waals surface area (Å²) in [4.78, 5) is 17.4. The van der Waals surface area contributed by atoms with Gasteiger partial charge in [0.25, 0.3) is 5.91 Å². The van der Waals surface area contributed by atoms with E-state index in [0.29, 0.717) is 25.3 Å². The highest BCUT2D eigenvalue weighted by atomic mass is 32.2. The van der Waals surface area contributed by atoms with Crippen molar-refractivity contribution in [2.75, 3.05) is 44.2 Å². The van der Waals surface area contributed by atoms with Crippen LogP contribution in [0.3, 0.4) is 0 Å². The van der Waals surface area contributed by atoms with Gasteiger partial charge in [0.15, 0.2) is 0 Å². The van der Waals surface area contributed by atoms with Crippen LogP contribution in [0.1, 0.15) is 17.4 Å². The molecule has 1 atom stereocenters. The van der Waals surface area contributed by atoms with Crippen molar-refractivity contribution in [3.8, 4) is 0 Å². The second kappa shape index (κ2) is 6.84. The fourth-order valence-corrected chi connectivity index (χ4v) is 5.45. The number of aromatic nitrogens is 1. The van der Waals surface area contributed by atoms with Crippen LogP contribution in [-0.4, -0.2) is 78.8 Å². The van der Waals surface area contributed by atoms with Crippen LogP contribution in [0.2, 0.25) is 0 Å². The van der Waals surface area contributed by atoms with Crippen LogP contribution in [0.25, 0.3) is 0 Å². The molecule has 3 heterocycles. The maximum atomic E-state index is 12.6. The molecule has 0 radical (unpaired) electrons. The standard InChI is InChI=1S/C14H22N4O3S2/c1-11-9-15-2-3-18(11)14(19)13-8-12(10-16-13)23(20,21)17-4-6-22-7-5-17/h8,10-11,15-16H,2-7,9H2,1H3/t11-/m0/s1. The molecule has 0 bridgehead atoms. The molecule has 0 unspecified atom stereocenters. The Bertz CT molecular complexity index is 667. The van der Waals surface area contributed by atoms with Gasteiger partial charge in [0.1, 0.15) is 10.6 Å². The first-order valence-electron chi connectivity index (χ1n) is 7.78. The van der Waals surface area contributed by atoms with Crippen molar-refractivity contribution in [1.29, 1.82) is 0 Å². The van der Waals surface area contributed by atoms with Crippen molar-refractivity contribution < 1.29 is 13.2 Å². The minimum atomic E-state index is -3.51. The van der Waals surface area contributed by atoms with Gasteiger partial charge in [-0.3, -0.25) is 4.79 Å². The third-order valence-corrected chi connectivity index (χ3v) is 7.08. The lowest BCUT2D eigenvalue weighted by Gasteiger charge is -2.33. The number of hydrogen-bond acceptors (Lipinski definition) is 5. The number of hydrogen-bond donors (Lipinski definition) is 2. The smallest absolute Gasteiger partial charge is 0.270 e. The third kappa shape index (κ3) is 3.42. The van der Waals surface area contributed by atoms with Gasteiger partial charge in [-0.1, -0.05) is 0 Å². The van der Waals surface area contributed by atoms with E-state index >= 15 is 0 Å². The number of sulfonamides is 1. The Morgan fingerprint density at radius 1 is 1.30 bits per heavy atom. The summed E-state index contributed by atoms with van der Waals surface area (Å²) in [5.74, 6) is 1.48. The zero-order valence-corrected chi connectivity index (χ0v) is 14.8. The topological polar surface area (TPSA) is 85.5 Å². The highest BCUT2D eigenvalue weighted by molar-refractivity contribution is 7.99. The minimum Gasteiger partial charge on any atom is -0.356 e. The summed E-state index contributed by atoms with van der Waals surface area (Å²) in [6.07, 6.45) is 1.43. The van der Waals surface area contributed by atoms with E-state index in [2.05, 4.69) is 10.3 Å². The molecule has 1 aromatic heterocycles. The van der Waals surface area contributed by atoms with E-state index in [-0.39, 0.29) is 16.8 Å². The summed E-state index contributed by atoms with van der Waals surface area (Å²) in [5, 5.41) is 3.23. The van der Waals surface area contributed by atoms with Gasteiger partial charge in [0, 0.05) is 56.5 Å². The van der Waals surface area contributed by atoms with Crippen LogP contribution in [0, 0.1) is 0 Å². The van der Waals surface area contributed by atoms with Gasteiger partial charge in [0.2, 0.25) is 10.0 Å². The summed E-state index contributed by atoms with van der Waals surface area (Å²) in [7, 11) is -3.51. The molecule has 1 amide bonds. The minimum absolute atomic E-state index is 0.0960. The number of amides is 1. The van der Waals surface area contributed by atoms with Crippen LogP contribution in [0.4, 0.5) is 0 Å². The number of nitrogens with zero attached hydrogens (tertiary/aromatic N) is 2. The van der Waals surface area contributed by atoms with Gasteiger partial charge in [-0.05, 0) is 13.0 Å². The number of carbonyl (C=O) groups is 1. The lowest BCUT2D eigenvalue weighted by Crippen LogP contribution is -2.52. The van der Waals surface area contributed by atoms with E-state index in [1.807, 2.05) is 6.92 Å². The first-order chi connectivity index (χ1) is 11.0. The number of nitrogens with one attached hydrogen (secondary N) is 2. The zero-order chi connectivity index (χ0) is 16.4. The number of H-pyrrole nitrogens is 1. The highest BCUT2D eigenvalue weighted by Gasteiger charge is 2.30. The summed E-state index contributed by atoms with van der Waals surface area (Å²) >= 11 is 1.76. The molecule has 128 valence electrons. The van der Waals surface area contributed by atoms with Crippen LogP contribution < -0.4 is 5.32 Å². The maximum absolute atomic E-state index is 12.6. The molecule has 7 nitrogen and oxygen atoms in total. The lowest BCUT2D eigenvalue weighted by molar-refractivity contribution is 0.0650. The first-order valence-corrected chi connectivity index (χ1v) is 10.4. The van der Waals surface area contributed by atoms with Crippen molar-refractivity contribution in [2.24, 2.45) is 0 Å². The quantitative estimate of drug-likeness (QED) is 0.805. The van der Waals surface area contributed by atoms with Gasteiger partial charge in [-0.25, -0.2) is 8.42 Å². The Morgan fingerprint density at radius 3 is 2.74 bits per heavy atom. The zero-order valence-electron chi connectivity index (χ0n) is 13.1. The largest absolute Gasteiger partial charge is 0.356 e. The molecule has 2 N–H and O–H groups in total. The van der Waals surface area contributed by atoms with Crippen molar-refractivity contribution in [3.63, 3.8) is 0 Å². The van der Waals surface area contributed by atoms with E-state index in [1.165, 1.54) is 16.6 Å². The predicted octanol–water partition coefficient (Wildman–Crippen LogP) is 0.186.